The smallest absolute Gasteiger partial charge is 0.0727 e. The molecule has 0 N–H and O–H groups in total. The Hall–Kier alpha value is -3.12. The first kappa shape index (κ1) is 19.6. The third kappa shape index (κ3) is 2.18. The van der Waals surface area contributed by atoms with Gasteiger partial charge in [-0.2, -0.15) is 0 Å². The molecule has 0 saturated carbocycles. The van der Waals surface area contributed by atoms with E-state index in [1.54, 1.807) is 0 Å². The van der Waals surface area contributed by atoms with Gasteiger partial charge >= 0.3 is 0 Å². The van der Waals surface area contributed by atoms with Crippen LogP contribution in [-0.2, 0) is 5.41 Å². The SMILES string of the molecule is C.C=CC1=C(C=C)C2(C(/C(C)=C\C)=C(C=C)c3ccccc32)c2ccccc21. The third-order valence-corrected chi connectivity index (χ3v) is 6.02. The summed E-state index contributed by atoms with van der Waals surface area (Å²) in [5.41, 5.74) is 10.9. The van der Waals surface area contributed by atoms with Gasteiger partial charge in [0.15, 0.2) is 0 Å². The number of hydrogen-bond acceptors (Lipinski definition) is 0. The predicted octanol–water partition coefficient (Wildman–Crippen LogP) is 7.67. The molecule has 0 heteroatoms. The molecule has 0 fully saturated rings. The van der Waals surface area contributed by atoms with Gasteiger partial charge in [-0.1, -0.05) is 100.0 Å². The second-order valence-electron chi connectivity index (χ2n) is 7.04. The van der Waals surface area contributed by atoms with Crippen LogP contribution in [0.4, 0.5) is 0 Å². The summed E-state index contributed by atoms with van der Waals surface area (Å²) in [5, 5.41) is 0. The summed E-state index contributed by atoms with van der Waals surface area (Å²) < 4.78 is 0. The van der Waals surface area contributed by atoms with Crippen LogP contribution in [0.15, 0.2) is 109 Å². The molecule has 0 amide bonds. The van der Waals surface area contributed by atoms with E-state index in [2.05, 4.69) is 88.2 Å². The van der Waals surface area contributed by atoms with Crippen molar-refractivity contribution in [1.29, 1.82) is 0 Å². The minimum atomic E-state index is -0.363. The quantitative estimate of drug-likeness (QED) is 0.522. The van der Waals surface area contributed by atoms with Gasteiger partial charge in [0.2, 0.25) is 0 Å². The Morgan fingerprint density at radius 3 is 1.75 bits per heavy atom. The van der Waals surface area contributed by atoms with Crippen LogP contribution in [-0.4, -0.2) is 0 Å². The Morgan fingerprint density at radius 2 is 1.29 bits per heavy atom. The molecular weight excluding hydrogens is 336 g/mol. The van der Waals surface area contributed by atoms with E-state index in [0.717, 1.165) is 0 Å². The number of hydrogen-bond donors (Lipinski definition) is 0. The first-order chi connectivity index (χ1) is 13.2. The Bertz CT molecular complexity index is 1070. The van der Waals surface area contributed by atoms with Gasteiger partial charge in [-0.15, -0.1) is 0 Å². The zero-order valence-electron chi connectivity index (χ0n) is 16.0. The van der Waals surface area contributed by atoms with Crippen molar-refractivity contribution in [2.45, 2.75) is 26.7 Å². The molecule has 2 aromatic rings. The maximum atomic E-state index is 4.21. The largest absolute Gasteiger partial charge is 0.0987 e. The molecule has 140 valence electrons. The Labute approximate surface area is 169 Å². The van der Waals surface area contributed by atoms with Crippen molar-refractivity contribution in [3.8, 4) is 0 Å². The van der Waals surface area contributed by atoms with Gasteiger partial charge in [0, 0.05) is 0 Å². The first-order valence-electron chi connectivity index (χ1n) is 9.36. The van der Waals surface area contributed by atoms with Crippen LogP contribution >= 0.6 is 0 Å². The van der Waals surface area contributed by atoms with Gasteiger partial charge in [0.25, 0.3) is 0 Å². The molecule has 1 atom stereocenters. The van der Waals surface area contributed by atoms with Crippen LogP contribution in [0.2, 0.25) is 0 Å². The maximum absolute atomic E-state index is 4.21. The Balaban J connectivity index is 0.00000225. The van der Waals surface area contributed by atoms with E-state index in [9.17, 15) is 0 Å². The average molecular weight is 365 g/mol. The average Bonchev–Trinajstić information content (AvgIpc) is 3.18. The number of fused-ring (bicyclic) bond motifs is 4. The highest BCUT2D eigenvalue weighted by Crippen LogP contribution is 2.62. The molecule has 1 spiro atoms. The van der Waals surface area contributed by atoms with E-state index in [1.165, 1.54) is 50.1 Å². The van der Waals surface area contributed by atoms with Gasteiger partial charge in [-0.25, -0.2) is 0 Å². The molecular formula is C28H28. The molecule has 2 aromatic carbocycles. The highest BCUT2D eigenvalue weighted by atomic mass is 14.5. The number of benzene rings is 2. The van der Waals surface area contributed by atoms with Crippen LogP contribution < -0.4 is 0 Å². The molecule has 0 aliphatic heterocycles. The minimum Gasteiger partial charge on any atom is -0.0987 e. The van der Waals surface area contributed by atoms with Crippen LogP contribution in [0.3, 0.4) is 0 Å². The van der Waals surface area contributed by atoms with Crippen molar-refractivity contribution in [2.75, 3.05) is 0 Å². The van der Waals surface area contributed by atoms with Gasteiger partial charge in [-0.3, -0.25) is 0 Å². The molecule has 0 bridgehead atoms. The standard InChI is InChI=1S/C27H24.CH4/c1-6-18(5)26-20(8-3)22-15-11-13-17-25(22)27(26)23(9-4)19(7-2)21-14-10-12-16-24(21)27;/h6-17H,2-4H2,1,5H3;1H4/b18-6-;. The van der Waals surface area contributed by atoms with Crippen molar-refractivity contribution in [2.24, 2.45) is 0 Å². The Kier molecular flexibility index (Phi) is 5.00. The molecule has 0 radical (unpaired) electrons. The Morgan fingerprint density at radius 1 is 0.786 bits per heavy atom. The fraction of sp³-hybridized carbons (Fsp3) is 0.143. The minimum absolute atomic E-state index is 0. The van der Waals surface area contributed by atoms with Crippen LogP contribution in [0.25, 0.3) is 11.1 Å². The molecule has 2 aliphatic carbocycles. The van der Waals surface area contributed by atoms with Crippen molar-refractivity contribution < 1.29 is 0 Å². The molecule has 1 unspecified atom stereocenters. The lowest BCUT2D eigenvalue weighted by Gasteiger charge is -2.34. The highest BCUT2D eigenvalue weighted by Gasteiger charge is 2.52. The lowest BCUT2D eigenvalue weighted by atomic mass is 9.67. The number of rotatable bonds is 4. The summed E-state index contributed by atoms with van der Waals surface area (Å²) in [7, 11) is 0. The van der Waals surface area contributed by atoms with Crippen LogP contribution in [0.5, 0.6) is 0 Å². The molecule has 0 saturated heterocycles. The fourth-order valence-corrected chi connectivity index (χ4v) is 4.96. The van der Waals surface area contributed by atoms with Crippen LogP contribution in [0.1, 0.15) is 43.5 Å². The van der Waals surface area contributed by atoms with Crippen molar-refractivity contribution in [3.05, 3.63) is 132 Å². The topological polar surface area (TPSA) is 0 Å². The first-order valence-corrected chi connectivity index (χ1v) is 9.36. The van der Waals surface area contributed by atoms with Crippen molar-refractivity contribution in [1.82, 2.24) is 0 Å². The second kappa shape index (κ2) is 7.13. The van der Waals surface area contributed by atoms with Crippen LogP contribution in [0, 0.1) is 0 Å². The molecule has 0 nitrogen and oxygen atoms in total. The lowest BCUT2D eigenvalue weighted by molar-refractivity contribution is 0.766. The molecule has 0 heterocycles. The second-order valence-corrected chi connectivity index (χ2v) is 7.04. The summed E-state index contributed by atoms with van der Waals surface area (Å²) in [6.07, 6.45) is 8.19. The maximum Gasteiger partial charge on any atom is 0.0727 e. The molecule has 2 aliphatic rings. The van der Waals surface area contributed by atoms with E-state index >= 15 is 0 Å². The summed E-state index contributed by atoms with van der Waals surface area (Å²) >= 11 is 0. The van der Waals surface area contributed by atoms with E-state index < -0.39 is 0 Å². The van der Waals surface area contributed by atoms with E-state index in [1.807, 2.05) is 18.2 Å². The highest BCUT2D eigenvalue weighted by molar-refractivity contribution is 6.00. The van der Waals surface area contributed by atoms with Gasteiger partial charge < -0.3 is 0 Å². The molecule has 4 rings (SSSR count). The molecule has 0 aromatic heterocycles. The summed E-state index contributed by atoms with van der Waals surface area (Å²) in [5.74, 6) is 0. The van der Waals surface area contributed by atoms with E-state index in [4.69, 9.17) is 0 Å². The van der Waals surface area contributed by atoms with Gasteiger partial charge in [0.05, 0.1) is 5.41 Å². The fourth-order valence-electron chi connectivity index (χ4n) is 4.96. The zero-order valence-corrected chi connectivity index (χ0v) is 16.0. The van der Waals surface area contributed by atoms with E-state index in [-0.39, 0.29) is 12.8 Å². The zero-order chi connectivity index (χ0) is 19.2. The summed E-state index contributed by atoms with van der Waals surface area (Å²) in [6, 6.07) is 17.4. The summed E-state index contributed by atoms with van der Waals surface area (Å²) in [6.45, 7) is 16.8. The van der Waals surface area contributed by atoms with Gasteiger partial charge in [-0.05, 0) is 64.0 Å². The van der Waals surface area contributed by atoms with Crippen molar-refractivity contribution >= 4 is 11.1 Å². The normalized spacial score (nSPS) is 20.0. The third-order valence-electron chi connectivity index (χ3n) is 6.02. The van der Waals surface area contributed by atoms with Gasteiger partial charge in [0.1, 0.15) is 0 Å². The van der Waals surface area contributed by atoms with E-state index in [0.29, 0.717) is 0 Å². The lowest BCUT2D eigenvalue weighted by Crippen LogP contribution is -2.28. The predicted molar refractivity (Wildman–Crippen MR) is 124 cm³/mol. The molecule has 28 heavy (non-hydrogen) atoms. The number of allylic oxidation sites excluding steroid dienone is 9. The van der Waals surface area contributed by atoms with Crippen molar-refractivity contribution in [3.63, 3.8) is 0 Å². The monoisotopic (exact) mass is 364 g/mol. The summed E-state index contributed by atoms with van der Waals surface area (Å²) in [4.78, 5) is 0.